The fourth-order valence-corrected chi connectivity index (χ4v) is 3.16. The van der Waals surface area contributed by atoms with Gasteiger partial charge in [-0.25, -0.2) is 0 Å². The molecule has 19 heavy (non-hydrogen) atoms. The van der Waals surface area contributed by atoms with Crippen LogP contribution in [0.25, 0.3) is 0 Å². The molecule has 106 valence electrons. The topological polar surface area (TPSA) is 23.5 Å². The van der Waals surface area contributed by atoms with Gasteiger partial charge in [0, 0.05) is 12.6 Å². The van der Waals surface area contributed by atoms with Crippen LogP contribution in [0.5, 0.6) is 5.75 Å². The highest BCUT2D eigenvalue weighted by molar-refractivity contribution is 5.38. The molecule has 0 saturated carbocycles. The molecule has 0 saturated heterocycles. The van der Waals surface area contributed by atoms with Crippen molar-refractivity contribution in [3.05, 3.63) is 29.3 Å². The molecule has 0 heterocycles. The molecule has 0 bridgehead atoms. The Morgan fingerprint density at radius 2 is 2.16 bits per heavy atom. The molecule has 1 aliphatic rings. The van der Waals surface area contributed by atoms with Gasteiger partial charge in [0.1, 0.15) is 5.75 Å². The Labute approximate surface area is 117 Å². The van der Waals surface area contributed by atoms with Crippen LogP contribution < -0.4 is 0 Å². The average molecular weight is 261 g/mol. The van der Waals surface area contributed by atoms with Crippen molar-refractivity contribution in [1.29, 1.82) is 0 Å². The van der Waals surface area contributed by atoms with Crippen LogP contribution in [0, 0.1) is 5.92 Å². The van der Waals surface area contributed by atoms with Crippen molar-refractivity contribution in [3.63, 3.8) is 0 Å². The second-order valence-corrected chi connectivity index (χ2v) is 5.89. The van der Waals surface area contributed by atoms with Crippen LogP contribution in [0.3, 0.4) is 0 Å². The van der Waals surface area contributed by atoms with E-state index in [1.165, 1.54) is 36.9 Å². The summed E-state index contributed by atoms with van der Waals surface area (Å²) < 4.78 is 0. The van der Waals surface area contributed by atoms with Gasteiger partial charge < -0.3 is 5.11 Å². The Kier molecular flexibility index (Phi) is 4.87. The minimum atomic E-state index is 0.407. The number of rotatable bonds is 5. The number of benzene rings is 1. The van der Waals surface area contributed by atoms with Gasteiger partial charge in [-0.1, -0.05) is 33.3 Å². The fourth-order valence-electron chi connectivity index (χ4n) is 3.16. The van der Waals surface area contributed by atoms with Crippen LogP contribution in [-0.2, 0) is 6.42 Å². The van der Waals surface area contributed by atoms with Crippen LogP contribution in [0.1, 0.15) is 57.2 Å². The maximum absolute atomic E-state index is 9.64. The lowest BCUT2D eigenvalue weighted by atomic mass is 9.86. The van der Waals surface area contributed by atoms with Crippen LogP contribution in [0.15, 0.2) is 18.2 Å². The number of fused-ring (bicyclic) bond motifs is 1. The van der Waals surface area contributed by atoms with Crippen LogP contribution in [0.2, 0.25) is 0 Å². The van der Waals surface area contributed by atoms with Crippen molar-refractivity contribution in [3.8, 4) is 5.75 Å². The van der Waals surface area contributed by atoms with Crippen molar-refractivity contribution in [2.24, 2.45) is 5.92 Å². The molecule has 0 radical (unpaired) electrons. The van der Waals surface area contributed by atoms with Crippen molar-refractivity contribution < 1.29 is 5.11 Å². The number of aromatic hydroxyl groups is 1. The number of hydrogen-bond donors (Lipinski definition) is 1. The van der Waals surface area contributed by atoms with Gasteiger partial charge in [-0.3, -0.25) is 4.90 Å². The lowest BCUT2D eigenvalue weighted by Gasteiger charge is -2.36. The Balaban J connectivity index is 2.21. The summed E-state index contributed by atoms with van der Waals surface area (Å²) >= 11 is 0. The minimum absolute atomic E-state index is 0.407. The standard InChI is InChI=1S/C17H27NO/c1-4-13(3)12-18(5-2)17-8-6-7-14-11-15(19)9-10-16(14)17/h9-11,13,17,19H,4-8,12H2,1-3H3. The smallest absolute Gasteiger partial charge is 0.115 e. The molecule has 0 aliphatic heterocycles. The van der Waals surface area contributed by atoms with Crippen molar-refractivity contribution >= 4 is 0 Å². The number of phenolic OH excluding ortho intramolecular Hbond substituents is 1. The summed E-state index contributed by atoms with van der Waals surface area (Å²) in [6.07, 6.45) is 4.84. The van der Waals surface area contributed by atoms with E-state index in [1.807, 2.05) is 12.1 Å². The van der Waals surface area contributed by atoms with E-state index in [2.05, 4.69) is 31.7 Å². The first kappa shape index (κ1) is 14.4. The van der Waals surface area contributed by atoms with E-state index in [1.54, 1.807) is 0 Å². The normalized spacial score (nSPS) is 20.3. The van der Waals surface area contributed by atoms with E-state index >= 15 is 0 Å². The molecule has 0 fully saturated rings. The van der Waals surface area contributed by atoms with Crippen LogP contribution in [-0.4, -0.2) is 23.1 Å². The summed E-state index contributed by atoms with van der Waals surface area (Å²) in [5.74, 6) is 1.16. The Hall–Kier alpha value is -1.02. The van der Waals surface area contributed by atoms with Crippen molar-refractivity contribution in [1.82, 2.24) is 4.90 Å². The Bertz CT molecular complexity index is 416. The van der Waals surface area contributed by atoms with E-state index in [4.69, 9.17) is 0 Å². The van der Waals surface area contributed by atoms with Crippen LogP contribution in [0.4, 0.5) is 0 Å². The van der Waals surface area contributed by atoms with Gasteiger partial charge >= 0.3 is 0 Å². The van der Waals surface area contributed by atoms with Crippen molar-refractivity contribution in [2.75, 3.05) is 13.1 Å². The molecule has 2 heteroatoms. The van der Waals surface area contributed by atoms with E-state index in [9.17, 15) is 5.11 Å². The molecule has 0 aromatic heterocycles. The summed E-state index contributed by atoms with van der Waals surface area (Å²) in [5, 5.41) is 9.64. The molecule has 2 atom stereocenters. The molecule has 2 nitrogen and oxygen atoms in total. The maximum Gasteiger partial charge on any atom is 0.115 e. The first-order valence-corrected chi connectivity index (χ1v) is 7.71. The SMILES string of the molecule is CCC(C)CN(CC)C1CCCc2cc(O)ccc21. The predicted molar refractivity (Wildman–Crippen MR) is 80.5 cm³/mol. The monoisotopic (exact) mass is 261 g/mol. The molecule has 1 N–H and O–H groups in total. The predicted octanol–water partition coefficient (Wildman–Crippen LogP) is 4.14. The van der Waals surface area contributed by atoms with Gasteiger partial charge in [0.2, 0.25) is 0 Å². The van der Waals surface area contributed by atoms with Gasteiger partial charge in [-0.15, -0.1) is 0 Å². The molecule has 1 aromatic rings. The summed E-state index contributed by atoms with van der Waals surface area (Å²) in [6.45, 7) is 9.15. The highest BCUT2D eigenvalue weighted by Crippen LogP contribution is 2.36. The molecule has 1 aliphatic carbocycles. The lowest BCUT2D eigenvalue weighted by Crippen LogP contribution is -2.34. The van der Waals surface area contributed by atoms with Gasteiger partial charge in [0.25, 0.3) is 0 Å². The lowest BCUT2D eigenvalue weighted by molar-refractivity contribution is 0.162. The third-order valence-electron chi connectivity index (χ3n) is 4.50. The van der Waals surface area contributed by atoms with Gasteiger partial charge in [-0.05, 0) is 55.0 Å². The quantitative estimate of drug-likeness (QED) is 0.861. The molecular weight excluding hydrogens is 234 g/mol. The van der Waals surface area contributed by atoms with Crippen LogP contribution >= 0.6 is 0 Å². The van der Waals surface area contributed by atoms with E-state index in [-0.39, 0.29) is 0 Å². The zero-order valence-corrected chi connectivity index (χ0v) is 12.5. The number of aryl methyl sites for hydroxylation is 1. The maximum atomic E-state index is 9.64. The van der Waals surface area contributed by atoms with E-state index < -0.39 is 0 Å². The van der Waals surface area contributed by atoms with Crippen molar-refractivity contribution in [2.45, 2.75) is 52.5 Å². The Morgan fingerprint density at radius 1 is 1.37 bits per heavy atom. The van der Waals surface area contributed by atoms with E-state index in [0.29, 0.717) is 11.8 Å². The number of nitrogens with zero attached hydrogens (tertiary/aromatic N) is 1. The minimum Gasteiger partial charge on any atom is -0.508 e. The first-order chi connectivity index (χ1) is 9.15. The van der Waals surface area contributed by atoms with E-state index in [0.717, 1.165) is 18.9 Å². The van der Waals surface area contributed by atoms with Gasteiger partial charge in [0.05, 0.1) is 0 Å². The highest BCUT2D eigenvalue weighted by atomic mass is 16.3. The zero-order valence-electron chi connectivity index (χ0n) is 12.5. The second-order valence-electron chi connectivity index (χ2n) is 5.89. The third kappa shape index (κ3) is 3.30. The summed E-state index contributed by atoms with van der Waals surface area (Å²) in [5.41, 5.74) is 2.79. The molecule has 2 unspecified atom stereocenters. The highest BCUT2D eigenvalue weighted by Gasteiger charge is 2.25. The zero-order chi connectivity index (χ0) is 13.8. The molecule has 1 aromatic carbocycles. The number of hydrogen-bond acceptors (Lipinski definition) is 2. The van der Waals surface area contributed by atoms with Gasteiger partial charge in [-0.2, -0.15) is 0 Å². The third-order valence-corrected chi connectivity index (χ3v) is 4.50. The largest absolute Gasteiger partial charge is 0.508 e. The van der Waals surface area contributed by atoms with Gasteiger partial charge in [0.15, 0.2) is 0 Å². The molecule has 0 spiro atoms. The average Bonchev–Trinajstić information content (AvgIpc) is 2.43. The summed E-state index contributed by atoms with van der Waals surface area (Å²) in [6, 6.07) is 6.48. The summed E-state index contributed by atoms with van der Waals surface area (Å²) in [4.78, 5) is 2.61. The molecule has 2 rings (SSSR count). The second kappa shape index (κ2) is 6.42. The summed E-state index contributed by atoms with van der Waals surface area (Å²) in [7, 11) is 0. The number of phenols is 1. The Morgan fingerprint density at radius 3 is 2.84 bits per heavy atom. The first-order valence-electron chi connectivity index (χ1n) is 7.71. The fraction of sp³-hybridized carbons (Fsp3) is 0.647. The molecular formula is C17H27NO. The molecule has 0 amide bonds.